The lowest BCUT2D eigenvalue weighted by atomic mass is 9.84. The van der Waals surface area contributed by atoms with Gasteiger partial charge in [0, 0.05) is 16.2 Å². The Balaban J connectivity index is 1.98. The zero-order chi connectivity index (χ0) is 15.4. The minimum atomic E-state index is -0.833. The van der Waals surface area contributed by atoms with Gasteiger partial charge < -0.3 is 15.7 Å². The van der Waals surface area contributed by atoms with Crippen molar-refractivity contribution in [3.8, 4) is 0 Å². The average molecular weight is 355 g/mol. The van der Waals surface area contributed by atoms with E-state index in [1.165, 1.54) is 0 Å². The standard InChI is InChI=1S/C15H19BrN2O3/c1-9-8-10(16)6-7-12(9)17-15(21)18-13-5-3-2-4-11(13)14(19)20/h6-8,11,13H,2-5H2,1H3,(H,19,20)(H2,17,18,21). The Morgan fingerprint density at radius 3 is 2.67 bits per heavy atom. The van der Waals surface area contributed by atoms with Gasteiger partial charge in [-0.1, -0.05) is 28.8 Å². The van der Waals surface area contributed by atoms with E-state index in [9.17, 15) is 14.7 Å². The van der Waals surface area contributed by atoms with Crippen LogP contribution in [-0.4, -0.2) is 23.1 Å². The number of anilines is 1. The smallest absolute Gasteiger partial charge is 0.319 e. The van der Waals surface area contributed by atoms with Crippen LogP contribution in [0.25, 0.3) is 0 Å². The van der Waals surface area contributed by atoms with Crippen molar-refractivity contribution in [1.82, 2.24) is 5.32 Å². The van der Waals surface area contributed by atoms with Crippen LogP contribution >= 0.6 is 15.9 Å². The minimum absolute atomic E-state index is 0.299. The molecule has 0 radical (unpaired) electrons. The van der Waals surface area contributed by atoms with Crippen LogP contribution in [-0.2, 0) is 4.79 Å². The van der Waals surface area contributed by atoms with Crippen molar-refractivity contribution in [2.24, 2.45) is 5.92 Å². The topological polar surface area (TPSA) is 78.4 Å². The first-order chi connectivity index (χ1) is 9.97. The van der Waals surface area contributed by atoms with E-state index in [2.05, 4.69) is 26.6 Å². The van der Waals surface area contributed by atoms with E-state index in [0.29, 0.717) is 12.8 Å². The average Bonchev–Trinajstić information content (AvgIpc) is 2.42. The van der Waals surface area contributed by atoms with Crippen LogP contribution in [0.4, 0.5) is 10.5 Å². The van der Waals surface area contributed by atoms with Crippen molar-refractivity contribution in [3.05, 3.63) is 28.2 Å². The number of carbonyl (C=O) groups is 2. The number of hydrogen-bond acceptors (Lipinski definition) is 2. The highest BCUT2D eigenvalue weighted by Crippen LogP contribution is 2.25. The highest BCUT2D eigenvalue weighted by Gasteiger charge is 2.31. The van der Waals surface area contributed by atoms with Crippen LogP contribution < -0.4 is 10.6 Å². The van der Waals surface area contributed by atoms with Gasteiger partial charge >= 0.3 is 12.0 Å². The molecular weight excluding hydrogens is 336 g/mol. The van der Waals surface area contributed by atoms with Gasteiger partial charge in [0.1, 0.15) is 0 Å². The molecule has 1 aromatic rings. The van der Waals surface area contributed by atoms with Gasteiger partial charge in [-0.05, 0) is 43.5 Å². The molecule has 2 amide bonds. The number of carboxylic acid groups (broad SMARTS) is 1. The van der Waals surface area contributed by atoms with Crippen LogP contribution in [0.2, 0.25) is 0 Å². The Kier molecular flexibility index (Phi) is 5.22. The molecule has 0 saturated heterocycles. The van der Waals surface area contributed by atoms with E-state index >= 15 is 0 Å². The molecule has 0 bridgehead atoms. The number of amides is 2. The molecule has 1 aliphatic carbocycles. The first-order valence-electron chi connectivity index (χ1n) is 7.04. The fourth-order valence-electron chi connectivity index (χ4n) is 2.69. The van der Waals surface area contributed by atoms with Crippen molar-refractivity contribution < 1.29 is 14.7 Å². The van der Waals surface area contributed by atoms with E-state index in [1.807, 2.05) is 25.1 Å². The number of hydrogen-bond donors (Lipinski definition) is 3. The summed E-state index contributed by atoms with van der Waals surface area (Å²) >= 11 is 3.37. The summed E-state index contributed by atoms with van der Waals surface area (Å²) in [6.45, 7) is 1.90. The molecule has 1 saturated carbocycles. The fraction of sp³-hybridized carbons (Fsp3) is 0.467. The second-order valence-electron chi connectivity index (χ2n) is 5.39. The zero-order valence-corrected chi connectivity index (χ0v) is 13.4. The van der Waals surface area contributed by atoms with Crippen LogP contribution in [0.3, 0.4) is 0 Å². The molecule has 114 valence electrons. The minimum Gasteiger partial charge on any atom is -0.481 e. The van der Waals surface area contributed by atoms with Gasteiger partial charge in [-0.25, -0.2) is 4.79 Å². The SMILES string of the molecule is Cc1cc(Br)ccc1NC(=O)NC1CCCCC1C(=O)O. The van der Waals surface area contributed by atoms with Crippen molar-refractivity contribution >= 4 is 33.6 Å². The van der Waals surface area contributed by atoms with Gasteiger partial charge in [-0.2, -0.15) is 0 Å². The molecule has 2 atom stereocenters. The van der Waals surface area contributed by atoms with Crippen LogP contribution in [0, 0.1) is 12.8 Å². The number of rotatable bonds is 3. The van der Waals surface area contributed by atoms with E-state index < -0.39 is 11.9 Å². The Morgan fingerprint density at radius 1 is 1.29 bits per heavy atom. The third-order valence-electron chi connectivity index (χ3n) is 3.84. The molecule has 1 aromatic carbocycles. The Hall–Kier alpha value is -1.56. The third kappa shape index (κ3) is 4.20. The van der Waals surface area contributed by atoms with Crippen molar-refractivity contribution in [2.45, 2.75) is 38.6 Å². The van der Waals surface area contributed by atoms with E-state index in [4.69, 9.17) is 0 Å². The largest absolute Gasteiger partial charge is 0.481 e. The summed E-state index contributed by atoms with van der Waals surface area (Å²) in [7, 11) is 0. The lowest BCUT2D eigenvalue weighted by molar-refractivity contribution is -0.143. The van der Waals surface area contributed by atoms with Crippen molar-refractivity contribution in [1.29, 1.82) is 0 Å². The molecule has 1 fully saturated rings. The van der Waals surface area contributed by atoms with Gasteiger partial charge in [-0.3, -0.25) is 4.79 Å². The summed E-state index contributed by atoms with van der Waals surface area (Å²) < 4.78 is 0.948. The van der Waals surface area contributed by atoms with E-state index in [-0.39, 0.29) is 12.1 Å². The summed E-state index contributed by atoms with van der Waals surface area (Å²) in [5.41, 5.74) is 1.66. The molecule has 6 heteroatoms. The molecule has 0 spiro atoms. The van der Waals surface area contributed by atoms with Gasteiger partial charge in [0.15, 0.2) is 0 Å². The second kappa shape index (κ2) is 6.93. The number of benzene rings is 1. The Morgan fingerprint density at radius 2 is 2.00 bits per heavy atom. The number of aliphatic carboxylic acids is 1. The Labute approximate surface area is 132 Å². The number of aryl methyl sites for hydroxylation is 1. The van der Waals surface area contributed by atoms with E-state index in [1.54, 1.807) is 0 Å². The van der Waals surface area contributed by atoms with Gasteiger partial charge in [0.25, 0.3) is 0 Å². The van der Waals surface area contributed by atoms with Crippen LogP contribution in [0.15, 0.2) is 22.7 Å². The molecule has 5 nitrogen and oxygen atoms in total. The van der Waals surface area contributed by atoms with Crippen LogP contribution in [0.5, 0.6) is 0 Å². The predicted molar refractivity (Wildman–Crippen MR) is 84.4 cm³/mol. The summed E-state index contributed by atoms with van der Waals surface area (Å²) in [6.07, 6.45) is 3.19. The summed E-state index contributed by atoms with van der Waals surface area (Å²) in [6, 6.07) is 4.93. The Bertz CT molecular complexity index is 548. The quantitative estimate of drug-likeness (QED) is 0.776. The zero-order valence-electron chi connectivity index (χ0n) is 11.9. The number of carboxylic acids is 1. The maximum atomic E-state index is 12.1. The monoisotopic (exact) mass is 354 g/mol. The van der Waals surface area contributed by atoms with Gasteiger partial charge in [0.2, 0.25) is 0 Å². The molecule has 2 unspecified atom stereocenters. The van der Waals surface area contributed by atoms with Gasteiger partial charge in [-0.15, -0.1) is 0 Å². The molecule has 21 heavy (non-hydrogen) atoms. The first kappa shape index (κ1) is 15.8. The highest BCUT2D eigenvalue weighted by atomic mass is 79.9. The molecule has 2 rings (SSSR count). The summed E-state index contributed by atoms with van der Waals surface area (Å²) in [4.78, 5) is 23.3. The molecule has 0 aromatic heterocycles. The predicted octanol–water partition coefficient (Wildman–Crippen LogP) is 3.52. The molecular formula is C15H19BrN2O3. The first-order valence-corrected chi connectivity index (χ1v) is 7.83. The van der Waals surface area contributed by atoms with Crippen molar-refractivity contribution in [3.63, 3.8) is 0 Å². The maximum absolute atomic E-state index is 12.1. The number of nitrogens with one attached hydrogen (secondary N) is 2. The van der Waals surface area contributed by atoms with Crippen LogP contribution in [0.1, 0.15) is 31.2 Å². The van der Waals surface area contributed by atoms with E-state index in [0.717, 1.165) is 28.6 Å². The fourth-order valence-corrected chi connectivity index (χ4v) is 3.17. The lowest BCUT2D eigenvalue weighted by Crippen LogP contribution is -2.46. The summed E-state index contributed by atoms with van der Waals surface area (Å²) in [5.74, 6) is -1.32. The molecule has 0 aliphatic heterocycles. The lowest BCUT2D eigenvalue weighted by Gasteiger charge is -2.29. The van der Waals surface area contributed by atoms with Gasteiger partial charge in [0.05, 0.1) is 5.92 Å². The number of carbonyl (C=O) groups excluding carboxylic acids is 1. The molecule has 3 N–H and O–H groups in total. The summed E-state index contributed by atoms with van der Waals surface area (Å²) in [5, 5.41) is 14.8. The number of halogens is 1. The molecule has 0 heterocycles. The molecule has 1 aliphatic rings. The second-order valence-corrected chi connectivity index (χ2v) is 6.31. The normalized spacial score (nSPS) is 21.6. The third-order valence-corrected chi connectivity index (χ3v) is 4.33. The maximum Gasteiger partial charge on any atom is 0.319 e. The van der Waals surface area contributed by atoms with Crippen molar-refractivity contribution in [2.75, 3.05) is 5.32 Å². The highest BCUT2D eigenvalue weighted by molar-refractivity contribution is 9.10. The number of urea groups is 1.